The van der Waals surface area contributed by atoms with Crippen molar-refractivity contribution in [2.24, 2.45) is 12.0 Å². The Bertz CT molecular complexity index is 689. The second-order valence-corrected chi connectivity index (χ2v) is 8.27. The molecule has 1 aromatic heterocycles. The standard InChI is InChI=1S/C22H38N6O2.HI/c1-3-23-22(24-12-8-5-9-15-30-20-10-6-4-7-11-20)27-13-14-28(21(29)18-27)19-16-25-26(2)17-19;/h16-17,20H,3-15,18H2,1-2H3,(H,23,24);1H. The molecule has 1 saturated carbocycles. The van der Waals surface area contributed by atoms with Gasteiger partial charge in [-0.15, -0.1) is 24.0 Å². The van der Waals surface area contributed by atoms with Crippen LogP contribution in [-0.4, -0.2) is 72.0 Å². The summed E-state index contributed by atoms with van der Waals surface area (Å²) in [5.74, 6) is 0.926. The Hall–Kier alpha value is -1.36. The van der Waals surface area contributed by atoms with Gasteiger partial charge in [-0.3, -0.25) is 14.5 Å². The van der Waals surface area contributed by atoms with Gasteiger partial charge in [-0.25, -0.2) is 0 Å². The number of halogens is 1. The van der Waals surface area contributed by atoms with E-state index in [1.807, 2.05) is 13.2 Å². The molecule has 0 atom stereocenters. The van der Waals surface area contributed by atoms with Crippen molar-refractivity contribution in [3.63, 3.8) is 0 Å². The van der Waals surface area contributed by atoms with E-state index >= 15 is 0 Å². The third-order valence-corrected chi connectivity index (χ3v) is 5.83. The first-order valence-electron chi connectivity index (χ1n) is 11.6. The molecule has 0 unspecified atom stereocenters. The third kappa shape index (κ3) is 8.25. The lowest BCUT2D eigenvalue weighted by Crippen LogP contribution is -2.55. The lowest BCUT2D eigenvalue weighted by molar-refractivity contribution is -0.120. The van der Waals surface area contributed by atoms with Crippen LogP contribution in [0, 0.1) is 0 Å². The number of aromatic nitrogens is 2. The van der Waals surface area contributed by atoms with Gasteiger partial charge in [-0.2, -0.15) is 5.10 Å². The molecular formula is C22H39IN6O2. The monoisotopic (exact) mass is 546 g/mol. The first kappa shape index (κ1) is 25.9. The molecule has 1 aromatic rings. The van der Waals surface area contributed by atoms with Crippen molar-refractivity contribution in [1.82, 2.24) is 20.0 Å². The molecule has 1 saturated heterocycles. The zero-order chi connectivity index (χ0) is 21.2. The van der Waals surface area contributed by atoms with E-state index in [2.05, 4.69) is 22.2 Å². The molecule has 1 aliphatic carbocycles. The lowest BCUT2D eigenvalue weighted by Gasteiger charge is -2.35. The first-order chi connectivity index (χ1) is 14.7. The van der Waals surface area contributed by atoms with Gasteiger partial charge in [0.1, 0.15) is 6.54 Å². The molecule has 0 spiro atoms. The predicted octanol–water partition coefficient (Wildman–Crippen LogP) is 3.17. The molecule has 9 heteroatoms. The van der Waals surface area contributed by atoms with Gasteiger partial charge in [0.05, 0.1) is 18.0 Å². The molecule has 31 heavy (non-hydrogen) atoms. The van der Waals surface area contributed by atoms with Gasteiger partial charge in [0, 0.05) is 46.0 Å². The van der Waals surface area contributed by atoms with Gasteiger partial charge in [0.25, 0.3) is 0 Å². The number of unbranched alkanes of at least 4 members (excludes halogenated alkanes) is 2. The Balaban J connectivity index is 0.00000341. The molecule has 0 radical (unpaired) electrons. The highest BCUT2D eigenvalue weighted by atomic mass is 127. The van der Waals surface area contributed by atoms with Crippen molar-refractivity contribution in [1.29, 1.82) is 0 Å². The number of ether oxygens (including phenoxy) is 1. The number of hydrogen-bond donors (Lipinski definition) is 1. The molecule has 2 heterocycles. The number of nitrogens with one attached hydrogen (secondary N) is 1. The topological polar surface area (TPSA) is 75.0 Å². The van der Waals surface area contributed by atoms with E-state index in [0.29, 0.717) is 19.2 Å². The average Bonchev–Trinajstić information content (AvgIpc) is 3.19. The number of hydrogen-bond acceptors (Lipinski definition) is 4. The van der Waals surface area contributed by atoms with Crippen LogP contribution in [0.1, 0.15) is 58.3 Å². The van der Waals surface area contributed by atoms with Gasteiger partial charge in [0.2, 0.25) is 5.91 Å². The molecule has 1 aliphatic heterocycles. The van der Waals surface area contributed by atoms with Crippen LogP contribution in [0.25, 0.3) is 0 Å². The maximum atomic E-state index is 12.7. The molecule has 1 amide bonds. The van der Waals surface area contributed by atoms with Crippen LogP contribution >= 0.6 is 24.0 Å². The van der Waals surface area contributed by atoms with Gasteiger partial charge in [0.15, 0.2) is 5.96 Å². The summed E-state index contributed by atoms with van der Waals surface area (Å²) in [6.45, 7) is 6.27. The van der Waals surface area contributed by atoms with E-state index in [1.54, 1.807) is 15.8 Å². The third-order valence-electron chi connectivity index (χ3n) is 5.83. The van der Waals surface area contributed by atoms with Crippen molar-refractivity contribution in [2.45, 2.75) is 64.4 Å². The number of amides is 1. The highest BCUT2D eigenvalue weighted by Gasteiger charge is 2.27. The van der Waals surface area contributed by atoms with Gasteiger partial charge in [-0.05, 0) is 39.0 Å². The molecule has 2 aliphatic rings. The van der Waals surface area contributed by atoms with Crippen molar-refractivity contribution in [3.8, 4) is 0 Å². The zero-order valence-corrected chi connectivity index (χ0v) is 21.4. The number of rotatable bonds is 9. The number of aryl methyl sites for hydroxylation is 1. The van der Waals surface area contributed by atoms with E-state index in [4.69, 9.17) is 9.73 Å². The summed E-state index contributed by atoms with van der Waals surface area (Å²) >= 11 is 0. The minimum Gasteiger partial charge on any atom is -0.378 e. The smallest absolute Gasteiger partial charge is 0.246 e. The Labute approximate surface area is 203 Å². The molecule has 8 nitrogen and oxygen atoms in total. The number of anilines is 1. The average molecular weight is 546 g/mol. The minimum absolute atomic E-state index is 0. The fourth-order valence-electron chi connectivity index (χ4n) is 4.16. The number of piperazine rings is 1. The summed E-state index contributed by atoms with van der Waals surface area (Å²) in [5, 5.41) is 7.51. The summed E-state index contributed by atoms with van der Waals surface area (Å²) in [5.41, 5.74) is 0.861. The Morgan fingerprint density at radius 2 is 2.03 bits per heavy atom. The van der Waals surface area contributed by atoms with Crippen molar-refractivity contribution < 1.29 is 9.53 Å². The van der Waals surface area contributed by atoms with E-state index in [1.165, 1.54) is 32.1 Å². The second-order valence-electron chi connectivity index (χ2n) is 8.27. The van der Waals surface area contributed by atoms with Gasteiger partial charge >= 0.3 is 0 Å². The van der Waals surface area contributed by atoms with Crippen LogP contribution in [-0.2, 0) is 16.6 Å². The molecular weight excluding hydrogens is 507 g/mol. The molecule has 2 fully saturated rings. The number of aliphatic imine (C=N–C) groups is 1. The van der Waals surface area contributed by atoms with Crippen LogP contribution in [0.2, 0.25) is 0 Å². The summed E-state index contributed by atoms with van der Waals surface area (Å²) < 4.78 is 7.72. The minimum atomic E-state index is 0. The Morgan fingerprint density at radius 1 is 1.23 bits per heavy atom. The summed E-state index contributed by atoms with van der Waals surface area (Å²) in [7, 11) is 1.86. The van der Waals surface area contributed by atoms with Gasteiger partial charge in [-0.1, -0.05) is 19.3 Å². The zero-order valence-electron chi connectivity index (χ0n) is 19.1. The maximum absolute atomic E-state index is 12.7. The number of carbonyl (C=O) groups is 1. The number of nitrogens with zero attached hydrogens (tertiary/aromatic N) is 5. The normalized spacial score (nSPS) is 18.3. The molecule has 0 bridgehead atoms. The predicted molar refractivity (Wildman–Crippen MR) is 135 cm³/mol. The van der Waals surface area contributed by atoms with Crippen LogP contribution < -0.4 is 10.2 Å². The second kappa shape index (κ2) is 13.9. The fraction of sp³-hybridized carbons (Fsp3) is 0.773. The first-order valence-corrected chi connectivity index (χ1v) is 11.6. The quantitative estimate of drug-likeness (QED) is 0.223. The summed E-state index contributed by atoms with van der Waals surface area (Å²) in [6, 6.07) is 0. The van der Waals surface area contributed by atoms with E-state index in [0.717, 1.165) is 57.2 Å². The lowest BCUT2D eigenvalue weighted by atomic mass is 9.98. The highest BCUT2D eigenvalue weighted by Crippen LogP contribution is 2.20. The van der Waals surface area contributed by atoms with E-state index in [9.17, 15) is 4.79 Å². The van der Waals surface area contributed by atoms with Crippen LogP contribution in [0.4, 0.5) is 5.69 Å². The Kier molecular flexibility index (Phi) is 11.6. The summed E-state index contributed by atoms with van der Waals surface area (Å²) in [6.07, 6.45) is 13.9. The van der Waals surface area contributed by atoms with Crippen molar-refractivity contribution in [3.05, 3.63) is 12.4 Å². The SMILES string of the molecule is CCNC(=NCCCCCOC1CCCCC1)N1CCN(c2cnn(C)c2)C(=O)C1.I. The highest BCUT2D eigenvalue weighted by molar-refractivity contribution is 14.0. The van der Waals surface area contributed by atoms with Crippen molar-refractivity contribution in [2.75, 3.05) is 44.2 Å². The largest absolute Gasteiger partial charge is 0.378 e. The molecule has 0 aromatic carbocycles. The van der Waals surface area contributed by atoms with Crippen LogP contribution in [0.15, 0.2) is 17.4 Å². The van der Waals surface area contributed by atoms with Gasteiger partial charge < -0.3 is 19.9 Å². The maximum Gasteiger partial charge on any atom is 0.246 e. The number of guanidine groups is 1. The molecule has 1 N–H and O–H groups in total. The van der Waals surface area contributed by atoms with Crippen LogP contribution in [0.5, 0.6) is 0 Å². The number of carbonyl (C=O) groups excluding carboxylic acids is 1. The van der Waals surface area contributed by atoms with E-state index < -0.39 is 0 Å². The Morgan fingerprint density at radius 3 is 2.71 bits per heavy atom. The molecule has 176 valence electrons. The van der Waals surface area contributed by atoms with Crippen LogP contribution in [0.3, 0.4) is 0 Å². The van der Waals surface area contributed by atoms with Crippen molar-refractivity contribution >= 4 is 41.5 Å². The fourth-order valence-corrected chi connectivity index (χ4v) is 4.16. The molecule has 3 rings (SSSR count). The summed E-state index contributed by atoms with van der Waals surface area (Å²) in [4.78, 5) is 21.3. The van der Waals surface area contributed by atoms with E-state index in [-0.39, 0.29) is 29.9 Å².